The zero-order valence-electron chi connectivity index (χ0n) is 10.8. The quantitative estimate of drug-likeness (QED) is 0.394. The third-order valence-corrected chi connectivity index (χ3v) is 2.65. The molecule has 0 aliphatic rings. The summed E-state index contributed by atoms with van der Waals surface area (Å²) in [6, 6.07) is 11.2. The number of hydrazine groups is 1. The summed E-state index contributed by atoms with van der Waals surface area (Å²) < 4.78 is 4.61. The van der Waals surface area contributed by atoms with E-state index in [0.717, 1.165) is 5.01 Å². The van der Waals surface area contributed by atoms with E-state index in [2.05, 4.69) is 9.72 Å². The minimum atomic E-state index is -0.513. The number of hydrogen-bond donors (Lipinski definition) is 1. The number of esters is 1. The monoisotopic (exact) mass is 271 g/mol. The Hall–Kier alpha value is -2.73. The number of benzene rings is 1. The minimum absolute atomic E-state index is 0.279. The summed E-state index contributed by atoms with van der Waals surface area (Å²) in [5.74, 6) is 5.08. The molecule has 0 saturated carbocycles. The molecule has 0 atom stereocenters. The number of pyridine rings is 1. The molecule has 0 radical (unpaired) electrons. The van der Waals surface area contributed by atoms with Crippen LogP contribution in [0.4, 0.5) is 5.82 Å². The van der Waals surface area contributed by atoms with Crippen molar-refractivity contribution in [2.24, 2.45) is 5.84 Å². The van der Waals surface area contributed by atoms with Gasteiger partial charge in [-0.05, 0) is 30.3 Å². The fraction of sp³-hybridized carbons (Fsp3) is 0.0714. The predicted molar refractivity (Wildman–Crippen MR) is 73.0 cm³/mol. The molecule has 0 saturated heterocycles. The number of hydrogen-bond acceptors (Lipinski definition) is 5. The summed E-state index contributed by atoms with van der Waals surface area (Å²) in [4.78, 5) is 27.6. The lowest BCUT2D eigenvalue weighted by Gasteiger charge is -2.15. The number of nitrogens with zero attached hydrogens (tertiary/aromatic N) is 2. The van der Waals surface area contributed by atoms with Crippen LogP contribution in [-0.4, -0.2) is 24.0 Å². The van der Waals surface area contributed by atoms with Gasteiger partial charge in [0.05, 0.1) is 12.7 Å². The molecule has 0 spiro atoms. The average Bonchev–Trinajstić information content (AvgIpc) is 2.53. The second-order valence-electron chi connectivity index (χ2n) is 3.94. The lowest BCUT2D eigenvalue weighted by Crippen LogP contribution is -2.38. The average molecular weight is 271 g/mol. The Morgan fingerprint density at radius 3 is 2.55 bits per heavy atom. The molecular formula is C14H13N3O3. The largest absolute Gasteiger partial charge is 0.465 e. The van der Waals surface area contributed by atoms with E-state index in [1.54, 1.807) is 36.4 Å². The van der Waals surface area contributed by atoms with Crippen molar-refractivity contribution in [2.75, 3.05) is 12.1 Å². The van der Waals surface area contributed by atoms with Crippen molar-refractivity contribution in [3.8, 4) is 0 Å². The van der Waals surface area contributed by atoms with Gasteiger partial charge in [0.1, 0.15) is 5.82 Å². The van der Waals surface area contributed by atoms with Crippen molar-refractivity contribution in [3.05, 3.63) is 59.8 Å². The molecule has 0 aliphatic heterocycles. The number of carbonyl (C=O) groups is 2. The second kappa shape index (κ2) is 5.94. The summed E-state index contributed by atoms with van der Waals surface area (Å²) in [5.41, 5.74) is 0.564. The Morgan fingerprint density at radius 1 is 1.15 bits per heavy atom. The highest BCUT2D eigenvalue weighted by Crippen LogP contribution is 2.12. The van der Waals surface area contributed by atoms with Crippen molar-refractivity contribution in [1.82, 2.24) is 4.98 Å². The maximum Gasteiger partial charge on any atom is 0.337 e. The highest BCUT2D eigenvalue weighted by molar-refractivity contribution is 6.06. The van der Waals surface area contributed by atoms with Crippen molar-refractivity contribution < 1.29 is 14.3 Å². The van der Waals surface area contributed by atoms with E-state index >= 15 is 0 Å². The third kappa shape index (κ3) is 2.81. The highest BCUT2D eigenvalue weighted by atomic mass is 16.5. The third-order valence-electron chi connectivity index (χ3n) is 2.65. The highest BCUT2D eigenvalue weighted by Gasteiger charge is 2.16. The van der Waals surface area contributed by atoms with E-state index < -0.39 is 11.9 Å². The Kier molecular flexibility index (Phi) is 4.07. The van der Waals surface area contributed by atoms with Crippen LogP contribution in [0.15, 0.2) is 48.7 Å². The fourth-order valence-corrected chi connectivity index (χ4v) is 1.64. The van der Waals surface area contributed by atoms with Crippen molar-refractivity contribution in [1.29, 1.82) is 0 Å². The van der Waals surface area contributed by atoms with Gasteiger partial charge in [0.15, 0.2) is 0 Å². The lowest BCUT2D eigenvalue weighted by molar-refractivity contribution is 0.0600. The van der Waals surface area contributed by atoms with Crippen LogP contribution >= 0.6 is 0 Å². The van der Waals surface area contributed by atoms with Gasteiger partial charge in [0.25, 0.3) is 5.91 Å². The van der Waals surface area contributed by atoms with E-state index in [0.29, 0.717) is 5.82 Å². The molecule has 0 fully saturated rings. The smallest absolute Gasteiger partial charge is 0.337 e. The second-order valence-corrected chi connectivity index (χ2v) is 3.94. The van der Waals surface area contributed by atoms with Gasteiger partial charge in [-0.25, -0.2) is 20.6 Å². The maximum absolute atomic E-state index is 12.2. The first-order valence-electron chi connectivity index (χ1n) is 5.82. The van der Waals surface area contributed by atoms with Crippen LogP contribution in [0.2, 0.25) is 0 Å². The first kappa shape index (κ1) is 13.7. The van der Waals surface area contributed by atoms with Crippen molar-refractivity contribution in [3.63, 3.8) is 0 Å². The Bertz CT molecular complexity index is 629. The molecule has 0 aliphatic carbocycles. The number of nitrogens with two attached hydrogens (primary N) is 1. The maximum atomic E-state index is 12.2. The van der Waals surface area contributed by atoms with Gasteiger partial charge >= 0.3 is 5.97 Å². The summed E-state index contributed by atoms with van der Waals surface area (Å²) in [7, 11) is 1.28. The molecule has 2 N–H and O–H groups in total. The van der Waals surface area contributed by atoms with Crippen molar-refractivity contribution >= 4 is 17.7 Å². The molecule has 0 unspecified atom stereocenters. The zero-order valence-corrected chi connectivity index (χ0v) is 10.8. The molecule has 1 heterocycles. The summed E-state index contributed by atoms with van der Waals surface area (Å²) >= 11 is 0. The Labute approximate surface area is 115 Å². The number of methoxy groups -OCH3 is 1. The molecule has 20 heavy (non-hydrogen) atoms. The van der Waals surface area contributed by atoms with Crippen LogP contribution in [0.5, 0.6) is 0 Å². The molecule has 6 heteroatoms. The Balaban J connectivity index is 2.27. The van der Waals surface area contributed by atoms with Gasteiger partial charge in [-0.15, -0.1) is 0 Å². The first-order valence-corrected chi connectivity index (χ1v) is 5.82. The minimum Gasteiger partial charge on any atom is -0.465 e. The van der Waals surface area contributed by atoms with Crippen molar-refractivity contribution in [2.45, 2.75) is 0 Å². The topological polar surface area (TPSA) is 85.5 Å². The van der Waals surface area contributed by atoms with E-state index in [9.17, 15) is 9.59 Å². The van der Waals surface area contributed by atoms with Gasteiger partial charge in [-0.1, -0.05) is 12.1 Å². The summed E-state index contributed by atoms with van der Waals surface area (Å²) in [5, 5.41) is 0.927. The van der Waals surface area contributed by atoms with Gasteiger partial charge in [-0.3, -0.25) is 4.79 Å². The van der Waals surface area contributed by atoms with Crippen LogP contribution in [0.1, 0.15) is 20.7 Å². The van der Waals surface area contributed by atoms with E-state index in [4.69, 9.17) is 5.84 Å². The van der Waals surface area contributed by atoms with Crippen LogP contribution < -0.4 is 10.9 Å². The van der Waals surface area contributed by atoms with E-state index in [-0.39, 0.29) is 11.1 Å². The standard InChI is InChI=1S/C14H13N3O3/c1-20-14(19)11-6-4-5-10(9-11)13(18)17(15)12-7-2-3-8-16-12/h2-9H,15H2,1H3. The normalized spacial score (nSPS) is 9.90. The van der Waals surface area contributed by atoms with Crippen LogP contribution in [0, 0.1) is 0 Å². The molecule has 102 valence electrons. The molecule has 6 nitrogen and oxygen atoms in total. The number of ether oxygens (including phenoxy) is 1. The number of carbonyl (C=O) groups excluding carboxylic acids is 2. The SMILES string of the molecule is COC(=O)c1cccc(C(=O)N(N)c2ccccn2)c1. The van der Waals surface area contributed by atoms with Gasteiger partial charge < -0.3 is 4.74 Å². The molecule has 1 amide bonds. The molecule has 0 bridgehead atoms. The number of rotatable bonds is 3. The number of anilines is 1. The molecule has 1 aromatic heterocycles. The lowest BCUT2D eigenvalue weighted by atomic mass is 10.1. The van der Waals surface area contributed by atoms with Crippen LogP contribution in [-0.2, 0) is 4.74 Å². The molecule has 1 aromatic carbocycles. The predicted octanol–water partition coefficient (Wildman–Crippen LogP) is 1.39. The van der Waals surface area contributed by atoms with Gasteiger partial charge in [0, 0.05) is 11.8 Å². The van der Waals surface area contributed by atoms with Gasteiger partial charge in [-0.2, -0.15) is 0 Å². The summed E-state index contributed by atoms with van der Waals surface area (Å²) in [6.07, 6.45) is 1.54. The van der Waals surface area contributed by atoms with E-state index in [1.807, 2.05) is 0 Å². The van der Waals surface area contributed by atoms with Crippen LogP contribution in [0.3, 0.4) is 0 Å². The molecule has 2 rings (SSSR count). The molecular weight excluding hydrogens is 258 g/mol. The van der Waals surface area contributed by atoms with E-state index in [1.165, 1.54) is 19.4 Å². The number of amides is 1. The zero-order chi connectivity index (χ0) is 14.5. The Morgan fingerprint density at radius 2 is 1.90 bits per heavy atom. The van der Waals surface area contributed by atoms with Gasteiger partial charge in [0.2, 0.25) is 0 Å². The molecule has 2 aromatic rings. The first-order chi connectivity index (χ1) is 9.63. The fourth-order valence-electron chi connectivity index (χ4n) is 1.64. The number of aromatic nitrogens is 1. The van der Waals surface area contributed by atoms with Crippen LogP contribution in [0.25, 0.3) is 0 Å². The summed E-state index contributed by atoms with van der Waals surface area (Å²) in [6.45, 7) is 0.